The zero-order chi connectivity index (χ0) is 12.3. The largest absolute Gasteiger partial charge is 0.311 e. The van der Waals surface area contributed by atoms with E-state index in [1.807, 2.05) is 23.9 Å². The van der Waals surface area contributed by atoms with Crippen molar-refractivity contribution in [2.45, 2.75) is 37.6 Å². The summed E-state index contributed by atoms with van der Waals surface area (Å²) < 4.78 is 2.17. The van der Waals surface area contributed by atoms with E-state index in [1.165, 1.54) is 5.69 Å². The summed E-state index contributed by atoms with van der Waals surface area (Å²) in [6.07, 6.45) is 2.08. The molecule has 2 aromatic rings. The van der Waals surface area contributed by atoms with Crippen molar-refractivity contribution in [3.8, 4) is 0 Å². The molecule has 92 valence electrons. The topological polar surface area (TPSA) is 29.3 Å². The fourth-order valence-electron chi connectivity index (χ4n) is 1.75. The molecule has 0 atom stereocenters. The van der Waals surface area contributed by atoms with E-state index in [-0.39, 0.29) is 0 Å². The Labute approximate surface area is 107 Å². The normalized spacial score (nSPS) is 11.5. The van der Waals surface area contributed by atoms with Gasteiger partial charge < -0.3 is 9.72 Å². The van der Waals surface area contributed by atoms with Crippen LogP contribution in [0.5, 0.6) is 0 Å². The number of imidazole rings is 1. The Kier molecular flexibility index (Phi) is 4.07. The van der Waals surface area contributed by atoms with Crippen LogP contribution >= 0.6 is 11.8 Å². The van der Waals surface area contributed by atoms with Gasteiger partial charge in [0.2, 0.25) is 0 Å². The van der Waals surface area contributed by atoms with Crippen molar-refractivity contribution in [2.24, 2.45) is 0 Å². The molecular formula is C13H19N3S. The third-order valence-corrected chi connectivity index (χ3v) is 3.50. The van der Waals surface area contributed by atoms with Crippen LogP contribution in [0, 0.1) is 0 Å². The minimum absolute atomic E-state index is 0.556. The molecule has 4 heteroatoms. The van der Waals surface area contributed by atoms with E-state index in [0.29, 0.717) is 5.25 Å². The monoisotopic (exact) mass is 249 g/mol. The van der Waals surface area contributed by atoms with Crippen LogP contribution in [0.15, 0.2) is 29.4 Å². The molecule has 0 fully saturated rings. The summed E-state index contributed by atoms with van der Waals surface area (Å²) in [5, 5.41) is 5.08. The Morgan fingerprint density at radius 2 is 2.24 bits per heavy atom. The molecule has 1 N–H and O–H groups in total. The number of rotatable bonds is 5. The fourth-order valence-corrected chi connectivity index (χ4v) is 2.65. The van der Waals surface area contributed by atoms with Crippen molar-refractivity contribution in [3.05, 3.63) is 30.1 Å². The summed E-state index contributed by atoms with van der Waals surface area (Å²) in [6.45, 7) is 8.37. The van der Waals surface area contributed by atoms with E-state index in [0.717, 1.165) is 23.8 Å². The molecule has 0 aliphatic heterocycles. The van der Waals surface area contributed by atoms with Crippen molar-refractivity contribution >= 4 is 17.4 Å². The van der Waals surface area contributed by atoms with Crippen molar-refractivity contribution in [3.63, 3.8) is 0 Å². The Morgan fingerprint density at radius 3 is 2.94 bits per heavy atom. The molecule has 0 bridgehead atoms. The predicted molar refractivity (Wildman–Crippen MR) is 73.6 cm³/mol. The molecule has 2 heterocycles. The van der Waals surface area contributed by atoms with Crippen LogP contribution in [0.1, 0.15) is 26.5 Å². The number of fused-ring (bicyclic) bond motifs is 1. The number of aromatic nitrogens is 2. The number of pyridine rings is 1. The number of nitrogens with zero attached hydrogens (tertiary/aromatic N) is 2. The van der Waals surface area contributed by atoms with Crippen molar-refractivity contribution in [1.82, 2.24) is 14.7 Å². The minimum Gasteiger partial charge on any atom is -0.311 e. The zero-order valence-corrected chi connectivity index (χ0v) is 11.4. The van der Waals surface area contributed by atoms with Gasteiger partial charge in [0.15, 0.2) is 0 Å². The first kappa shape index (κ1) is 12.5. The SMILES string of the molecule is CCNCc1c(SC(C)C)nc2ccccn12. The molecule has 0 unspecified atom stereocenters. The molecule has 2 rings (SSSR count). The van der Waals surface area contributed by atoms with Gasteiger partial charge >= 0.3 is 0 Å². The van der Waals surface area contributed by atoms with Gasteiger partial charge in [-0.1, -0.05) is 26.8 Å². The summed E-state index contributed by atoms with van der Waals surface area (Å²) in [5.74, 6) is 0. The molecule has 0 saturated heterocycles. The van der Waals surface area contributed by atoms with Crippen LogP contribution in [-0.4, -0.2) is 21.2 Å². The first-order chi connectivity index (χ1) is 8.22. The van der Waals surface area contributed by atoms with Gasteiger partial charge in [-0.2, -0.15) is 0 Å². The van der Waals surface area contributed by atoms with E-state index in [9.17, 15) is 0 Å². The van der Waals surface area contributed by atoms with Crippen LogP contribution in [0.4, 0.5) is 0 Å². The lowest BCUT2D eigenvalue weighted by molar-refractivity contribution is 0.694. The van der Waals surface area contributed by atoms with E-state index in [4.69, 9.17) is 4.98 Å². The van der Waals surface area contributed by atoms with Crippen LogP contribution < -0.4 is 5.32 Å². The second kappa shape index (κ2) is 5.56. The molecule has 0 radical (unpaired) electrons. The second-order valence-corrected chi connectivity index (χ2v) is 5.80. The average molecular weight is 249 g/mol. The van der Waals surface area contributed by atoms with Crippen LogP contribution in [0.2, 0.25) is 0 Å². The first-order valence-corrected chi connectivity index (χ1v) is 6.93. The molecule has 3 nitrogen and oxygen atoms in total. The van der Waals surface area contributed by atoms with Crippen LogP contribution in [-0.2, 0) is 6.54 Å². The van der Waals surface area contributed by atoms with Crippen LogP contribution in [0.3, 0.4) is 0 Å². The maximum atomic E-state index is 4.69. The number of hydrogen-bond donors (Lipinski definition) is 1. The Morgan fingerprint density at radius 1 is 1.41 bits per heavy atom. The number of thioether (sulfide) groups is 1. The molecule has 0 spiro atoms. The van der Waals surface area contributed by atoms with E-state index in [1.54, 1.807) is 0 Å². The molecule has 0 aliphatic rings. The molecule has 17 heavy (non-hydrogen) atoms. The highest BCUT2D eigenvalue weighted by Crippen LogP contribution is 2.26. The lowest BCUT2D eigenvalue weighted by atomic mass is 10.4. The predicted octanol–water partition coefficient (Wildman–Crippen LogP) is 2.94. The summed E-state index contributed by atoms with van der Waals surface area (Å²) >= 11 is 1.83. The van der Waals surface area contributed by atoms with Gasteiger partial charge in [-0.15, -0.1) is 11.8 Å². The summed E-state index contributed by atoms with van der Waals surface area (Å²) in [4.78, 5) is 4.69. The van der Waals surface area contributed by atoms with E-state index in [2.05, 4.69) is 42.8 Å². The minimum atomic E-state index is 0.556. The third kappa shape index (κ3) is 2.82. The van der Waals surface area contributed by atoms with Gasteiger partial charge in [0, 0.05) is 18.0 Å². The van der Waals surface area contributed by atoms with Crippen molar-refractivity contribution < 1.29 is 0 Å². The smallest absolute Gasteiger partial charge is 0.138 e. The Bertz CT molecular complexity index is 490. The highest BCUT2D eigenvalue weighted by atomic mass is 32.2. The molecule has 0 aliphatic carbocycles. The molecule has 0 aromatic carbocycles. The van der Waals surface area contributed by atoms with Crippen molar-refractivity contribution in [1.29, 1.82) is 0 Å². The molecule has 2 aromatic heterocycles. The summed E-state index contributed by atoms with van der Waals surface area (Å²) in [7, 11) is 0. The number of nitrogens with one attached hydrogen (secondary N) is 1. The highest BCUT2D eigenvalue weighted by molar-refractivity contribution is 7.99. The standard InChI is InChI=1S/C13H19N3S/c1-4-14-9-11-13(17-10(2)3)15-12-7-5-6-8-16(11)12/h5-8,10,14H,4,9H2,1-3H3. The Balaban J connectivity index is 2.41. The number of hydrogen-bond acceptors (Lipinski definition) is 3. The van der Waals surface area contributed by atoms with Gasteiger partial charge in [0.25, 0.3) is 0 Å². The summed E-state index contributed by atoms with van der Waals surface area (Å²) in [5.41, 5.74) is 2.30. The van der Waals surface area contributed by atoms with Crippen molar-refractivity contribution in [2.75, 3.05) is 6.54 Å². The highest BCUT2D eigenvalue weighted by Gasteiger charge is 2.12. The van der Waals surface area contributed by atoms with Gasteiger partial charge in [-0.25, -0.2) is 4.98 Å². The van der Waals surface area contributed by atoms with Gasteiger partial charge in [0.05, 0.1) is 5.69 Å². The van der Waals surface area contributed by atoms with E-state index < -0.39 is 0 Å². The fraction of sp³-hybridized carbons (Fsp3) is 0.462. The molecule has 0 saturated carbocycles. The third-order valence-electron chi connectivity index (χ3n) is 2.48. The zero-order valence-electron chi connectivity index (χ0n) is 10.6. The lowest BCUT2D eigenvalue weighted by Gasteiger charge is -2.06. The quantitative estimate of drug-likeness (QED) is 0.826. The summed E-state index contributed by atoms with van der Waals surface area (Å²) in [6, 6.07) is 6.14. The van der Waals surface area contributed by atoms with Gasteiger partial charge in [-0.3, -0.25) is 0 Å². The maximum absolute atomic E-state index is 4.69. The average Bonchev–Trinajstić information content (AvgIpc) is 2.63. The molecular weight excluding hydrogens is 230 g/mol. The Hall–Kier alpha value is -1.00. The van der Waals surface area contributed by atoms with Gasteiger partial charge in [0.1, 0.15) is 10.7 Å². The first-order valence-electron chi connectivity index (χ1n) is 6.05. The molecule has 0 amide bonds. The maximum Gasteiger partial charge on any atom is 0.138 e. The van der Waals surface area contributed by atoms with E-state index >= 15 is 0 Å². The van der Waals surface area contributed by atoms with Crippen LogP contribution in [0.25, 0.3) is 5.65 Å². The van der Waals surface area contributed by atoms with Gasteiger partial charge in [-0.05, 0) is 18.7 Å². The lowest BCUT2D eigenvalue weighted by Crippen LogP contribution is -2.14. The second-order valence-electron chi connectivity index (χ2n) is 4.24.